The van der Waals surface area contributed by atoms with Crippen LogP contribution in [0.25, 0.3) is 0 Å². The van der Waals surface area contributed by atoms with E-state index in [9.17, 15) is 4.79 Å². The lowest BCUT2D eigenvalue weighted by Crippen LogP contribution is -2.53. The summed E-state index contributed by atoms with van der Waals surface area (Å²) < 4.78 is 0. The number of piperazine rings is 1. The maximum absolute atomic E-state index is 10.7. The molecule has 4 N–H and O–H groups in total. The summed E-state index contributed by atoms with van der Waals surface area (Å²) in [6.45, 7) is 4.17. The lowest BCUT2D eigenvalue weighted by atomic mass is 10.2. The van der Waals surface area contributed by atoms with Crippen molar-refractivity contribution in [1.82, 2.24) is 10.2 Å². The Kier molecular flexibility index (Phi) is 5.62. The molecule has 2 amide bonds. The smallest absolute Gasteiger partial charge is 0.315 e. The molecule has 76 valence electrons. The molecule has 1 unspecified atom stereocenters. The van der Waals surface area contributed by atoms with Crippen molar-refractivity contribution >= 4 is 12.5 Å². The highest BCUT2D eigenvalue weighted by molar-refractivity contribution is 5.72. The molecule has 1 rings (SSSR count). The van der Waals surface area contributed by atoms with Crippen LogP contribution in [0.4, 0.5) is 4.79 Å². The van der Waals surface area contributed by atoms with Crippen LogP contribution in [0.5, 0.6) is 0 Å². The lowest BCUT2D eigenvalue weighted by molar-refractivity contribution is -0.122. The minimum Gasteiger partial charge on any atom is -0.483 e. The van der Waals surface area contributed by atoms with Gasteiger partial charge in [0.15, 0.2) is 0 Å². The van der Waals surface area contributed by atoms with Crippen molar-refractivity contribution in [3.05, 3.63) is 0 Å². The standard InChI is InChI=1S/C6H13N3O.CH2O2/c1-5-4-8-2-3-9(5)6(7)10;2-1-3/h5,8H,2-4H2,1H3,(H2,7,10);1H,(H,2,3). The van der Waals surface area contributed by atoms with Crippen molar-refractivity contribution in [2.75, 3.05) is 19.6 Å². The number of carboxylic acid groups (broad SMARTS) is 1. The molecule has 0 aromatic carbocycles. The zero-order chi connectivity index (χ0) is 10.3. The third kappa shape index (κ3) is 4.32. The zero-order valence-corrected chi connectivity index (χ0v) is 7.56. The molecule has 0 saturated carbocycles. The molecule has 0 aromatic rings. The van der Waals surface area contributed by atoms with E-state index in [0.717, 1.165) is 19.6 Å². The Morgan fingerprint density at radius 2 is 2.31 bits per heavy atom. The first-order chi connectivity index (χ1) is 6.13. The van der Waals surface area contributed by atoms with Gasteiger partial charge in [-0.15, -0.1) is 0 Å². The minimum absolute atomic E-state index is 0.242. The zero-order valence-electron chi connectivity index (χ0n) is 7.56. The second kappa shape index (κ2) is 6.24. The van der Waals surface area contributed by atoms with Gasteiger partial charge in [-0.1, -0.05) is 0 Å². The van der Waals surface area contributed by atoms with Crippen LogP contribution in [0.3, 0.4) is 0 Å². The van der Waals surface area contributed by atoms with Crippen LogP contribution in [0.2, 0.25) is 0 Å². The number of carbonyl (C=O) groups is 2. The summed E-state index contributed by atoms with van der Waals surface area (Å²) in [4.78, 5) is 20.7. The maximum Gasteiger partial charge on any atom is 0.315 e. The summed E-state index contributed by atoms with van der Waals surface area (Å²) in [5.74, 6) is 0. The van der Waals surface area contributed by atoms with Crippen LogP contribution in [0.15, 0.2) is 0 Å². The molecule has 0 spiro atoms. The van der Waals surface area contributed by atoms with Gasteiger partial charge in [0, 0.05) is 25.7 Å². The highest BCUT2D eigenvalue weighted by Crippen LogP contribution is 2.00. The number of urea groups is 1. The van der Waals surface area contributed by atoms with Crippen molar-refractivity contribution < 1.29 is 14.7 Å². The van der Waals surface area contributed by atoms with Crippen molar-refractivity contribution in [3.63, 3.8) is 0 Å². The normalized spacial score (nSPS) is 21.3. The summed E-state index contributed by atoms with van der Waals surface area (Å²) in [5, 5.41) is 10.1. The van der Waals surface area contributed by atoms with Crippen molar-refractivity contribution in [2.24, 2.45) is 5.73 Å². The largest absolute Gasteiger partial charge is 0.483 e. The second-order valence-corrected chi connectivity index (χ2v) is 2.69. The number of primary amides is 1. The maximum atomic E-state index is 10.7. The quantitative estimate of drug-likeness (QED) is 0.428. The van der Waals surface area contributed by atoms with Gasteiger partial charge >= 0.3 is 6.03 Å². The molecule has 1 aliphatic heterocycles. The molecule has 0 aromatic heterocycles. The molecule has 0 radical (unpaired) electrons. The number of hydrogen-bond donors (Lipinski definition) is 3. The van der Waals surface area contributed by atoms with Crippen LogP contribution in [-0.4, -0.2) is 48.2 Å². The molecule has 6 nitrogen and oxygen atoms in total. The predicted molar refractivity (Wildman–Crippen MR) is 47.3 cm³/mol. The number of nitrogens with zero attached hydrogens (tertiary/aromatic N) is 1. The van der Waals surface area contributed by atoms with E-state index in [1.165, 1.54) is 0 Å². The van der Waals surface area contributed by atoms with Gasteiger partial charge in [-0.25, -0.2) is 4.79 Å². The van der Waals surface area contributed by atoms with E-state index < -0.39 is 0 Å². The van der Waals surface area contributed by atoms with E-state index >= 15 is 0 Å². The summed E-state index contributed by atoms with van der Waals surface area (Å²) in [5.41, 5.74) is 5.12. The fraction of sp³-hybridized carbons (Fsp3) is 0.714. The van der Waals surface area contributed by atoms with Gasteiger partial charge in [-0.3, -0.25) is 4.79 Å². The predicted octanol–water partition coefficient (Wildman–Crippen LogP) is -0.940. The molecule has 1 saturated heterocycles. The van der Waals surface area contributed by atoms with E-state index in [-0.39, 0.29) is 18.5 Å². The van der Waals surface area contributed by atoms with Gasteiger partial charge in [0.1, 0.15) is 0 Å². The van der Waals surface area contributed by atoms with Crippen LogP contribution in [0.1, 0.15) is 6.92 Å². The molecule has 1 fully saturated rings. The van der Waals surface area contributed by atoms with Crippen LogP contribution in [0, 0.1) is 0 Å². The fourth-order valence-electron chi connectivity index (χ4n) is 1.17. The molecule has 0 aliphatic carbocycles. The third-order valence-corrected chi connectivity index (χ3v) is 1.78. The van der Waals surface area contributed by atoms with Gasteiger partial charge < -0.3 is 21.1 Å². The number of nitrogens with two attached hydrogens (primary N) is 1. The highest BCUT2D eigenvalue weighted by Gasteiger charge is 2.19. The van der Waals surface area contributed by atoms with Gasteiger partial charge in [0.25, 0.3) is 6.47 Å². The highest BCUT2D eigenvalue weighted by atomic mass is 16.3. The molecule has 1 atom stereocenters. The number of carbonyl (C=O) groups excluding carboxylic acids is 1. The molecule has 1 heterocycles. The van der Waals surface area contributed by atoms with E-state index in [1.807, 2.05) is 6.92 Å². The average Bonchev–Trinajstić information content (AvgIpc) is 2.06. The Hall–Kier alpha value is -1.30. The number of rotatable bonds is 0. The Bertz CT molecular complexity index is 174. The van der Waals surface area contributed by atoms with E-state index in [2.05, 4.69) is 5.32 Å². The topological polar surface area (TPSA) is 95.7 Å². The lowest BCUT2D eigenvalue weighted by Gasteiger charge is -2.32. The molecule has 0 bridgehead atoms. The summed E-state index contributed by atoms with van der Waals surface area (Å²) in [6.07, 6.45) is 0. The van der Waals surface area contributed by atoms with Gasteiger partial charge in [0.05, 0.1) is 0 Å². The first-order valence-corrected chi connectivity index (χ1v) is 3.98. The van der Waals surface area contributed by atoms with Gasteiger partial charge in [-0.2, -0.15) is 0 Å². The third-order valence-electron chi connectivity index (χ3n) is 1.78. The molecule has 6 heteroatoms. The van der Waals surface area contributed by atoms with Crippen LogP contribution in [-0.2, 0) is 4.79 Å². The summed E-state index contributed by atoms with van der Waals surface area (Å²) in [7, 11) is 0. The number of hydrogen-bond acceptors (Lipinski definition) is 3. The van der Waals surface area contributed by atoms with Crippen molar-refractivity contribution in [3.8, 4) is 0 Å². The first-order valence-electron chi connectivity index (χ1n) is 3.98. The Morgan fingerprint density at radius 3 is 2.62 bits per heavy atom. The Balaban J connectivity index is 0.000000424. The molecular formula is C7H15N3O3. The summed E-state index contributed by atoms with van der Waals surface area (Å²) in [6, 6.07) is -0.0692. The van der Waals surface area contributed by atoms with E-state index in [0.29, 0.717) is 0 Å². The van der Waals surface area contributed by atoms with Crippen LogP contribution >= 0.6 is 0 Å². The molecule has 1 aliphatic rings. The van der Waals surface area contributed by atoms with E-state index in [4.69, 9.17) is 15.6 Å². The second-order valence-electron chi connectivity index (χ2n) is 2.69. The summed E-state index contributed by atoms with van der Waals surface area (Å²) >= 11 is 0. The van der Waals surface area contributed by atoms with Crippen molar-refractivity contribution in [1.29, 1.82) is 0 Å². The van der Waals surface area contributed by atoms with Crippen molar-refractivity contribution in [2.45, 2.75) is 13.0 Å². The molecule has 13 heavy (non-hydrogen) atoms. The number of amides is 2. The minimum atomic E-state index is -0.311. The van der Waals surface area contributed by atoms with Gasteiger partial charge in [0.2, 0.25) is 0 Å². The SMILES string of the molecule is CC1CNCCN1C(N)=O.O=CO. The fourth-order valence-corrected chi connectivity index (χ4v) is 1.17. The van der Waals surface area contributed by atoms with Gasteiger partial charge in [-0.05, 0) is 6.92 Å². The Morgan fingerprint density at radius 1 is 1.77 bits per heavy atom. The first kappa shape index (κ1) is 11.7. The van der Waals surface area contributed by atoms with Crippen LogP contribution < -0.4 is 11.1 Å². The monoisotopic (exact) mass is 189 g/mol. The number of nitrogens with one attached hydrogen (secondary N) is 1. The van der Waals surface area contributed by atoms with E-state index in [1.54, 1.807) is 4.90 Å². The molecular weight excluding hydrogens is 174 g/mol. The average molecular weight is 189 g/mol. The Labute approximate surface area is 76.7 Å².